The fourth-order valence-corrected chi connectivity index (χ4v) is 6.52. The van der Waals surface area contributed by atoms with Gasteiger partial charge in [-0.05, 0) is 50.2 Å². The highest BCUT2D eigenvalue weighted by molar-refractivity contribution is 7.94. The Hall–Kier alpha value is -1.02. The van der Waals surface area contributed by atoms with E-state index in [0.29, 0.717) is 16.6 Å². The zero-order valence-corrected chi connectivity index (χ0v) is 18.1. The molecule has 0 radical (unpaired) electrons. The Morgan fingerprint density at radius 3 is 2.75 bits per heavy atom. The number of aromatic nitrogens is 3. The molecule has 3 fully saturated rings. The molecule has 6 nitrogen and oxygen atoms in total. The van der Waals surface area contributed by atoms with Crippen LogP contribution in [0.15, 0.2) is 12.4 Å². The van der Waals surface area contributed by atoms with Gasteiger partial charge in [0.1, 0.15) is 17.0 Å². The van der Waals surface area contributed by atoms with E-state index in [9.17, 15) is 0 Å². The second-order valence-corrected chi connectivity index (χ2v) is 10.2. The first-order valence-electron chi connectivity index (χ1n) is 10.5. The van der Waals surface area contributed by atoms with Crippen LogP contribution < -0.4 is 10.0 Å². The minimum Gasteiger partial charge on any atom is -0.354 e. The molecule has 3 aliphatic rings. The molecular weight excluding hydrogens is 392 g/mol. The summed E-state index contributed by atoms with van der Waals surface area (Å²) < 4.78 is 4.27. The molecule has 0 aromatic carbocycles. The molecule has 5 rings (SSSR count). The number of aryl methyl sites for hydroxylation is 1. The lowest BCUT2D eigenvalue weighted by Crippen LogP contribution is -2.66. The quantitative estimate of drug-likeness (QED) is 0.736. The Kier molecular flexibility index (Phi) is 4.98. The molecule has 1 aliphatic heterocycles. The number of hydrogen-bond donors (Lipinski definition) is 1. The number of hydrogen-bond acceptors (Lipinski definition) is 6. The van der Waals surface area contributed by atoms with Crippen molar-refractivity contribution in [3.05, 3.63) is 23.1 Å². The molecule has 3 heterocycles. The molecule has 1 saturated heterocycles. The van der Waals surface area contributed by atoms with E-state index in [2.05, 4.69) is 26.2 Å². The molecule has 152 valence electrons. The Bertz CT molecular complexity index is 850. The largest absolute Gasteiger partial charge is 0.354 e. The fourth-order valence-electron chi connectivity index (χ4n) is 5.61. The van der Waals surface area contributed by atoms with E-state index in [0.717, 1.165) is 35.9 Å². The number of rotatable bonds is 5. The van der Waals surface area contributed by atoms with Crippen molar-refractivity contribution in [2.45, 2.75) is 57.9 Å². The van der Waals surface area contributed by atoms with Crippen LogP contribution in [-0.4, -0.2) is 44.6 Å². The lowest BCUT2D eigenvalue weighted by molar-refractivity contribution is 0.0116. The molecule has 2 N–H and O–H groups in total. The monoisotopic (exact) mass is 420 g/mol. The van der Waals surface area contributed by atoms with Crippen LogP contribution >= 0.6 is 23.7 Å². The lowest BCUT2D eigenvalue weighted by atomic mass is 9.60. The van der Waals surface area contributed by atoms with Crippen LogP contribution in [0, 0.1) is 18.3 Å². The maximum Gasteiger partial charge on any atom is 0.156 e. The van der Waals surface area contributed by atoms with Gasteiger partial charge in [0, 0.05) is 43.2 Å². The van der Waals surface area contributed by atoms with Crippen LogP contribution in [0.3, 0.4) is 0 Å². The molecule has 8 heteroatoms. The highest BCUT2D eigenvalue weighted by atomic mass is 35.5. The number of nitrogens with two attached hydrogens (primary N) is 1. The minimum absolute atomic E-state index is 0.442. The first kappa shape index (κ1) is 19.0. The van der Waals surface area contributed by atoms with E-state index >= 15 is 0 Å². The van der Waals surface area contributed by atoms with Gasteiger partial charge >= 0.3 is 0 Å². The Morgan fingerprint density at radius 1 is 1.29 bits per heavy atom. The van der Waals surface area contributed by atoms with Gasteiger partial charge in [-0.25, -0.2) is 13.8 Å². The second-order valence-electron chi connectivity index (χ2n) is 9.12. The van der Waals surface area contributed by atoms with Crippen LogP contribution in [0.2, 0.25) is 5.15 Å². The van der Waals surface area contributed by atoms with Crippen molar-refractivity contribution >= 4 is 35.1 Å². The zero-order chi connectivity index (χ0) is 19.3. The molecular formula is C20H29ClN6S. The SMILES string of the molecule is Cc1cc(Cl)n2ncnc(N3CC4(CC(N(CC5CCCCC5)SN)C4)C3)c12. The summed E-state index contributed by atoms with van der Waals surface area (Å²) in [6.45, 7) is 5.39. The van der Waals surface area contributed by atoms with E-state index in [4.69, 9.17) is 16.7 Å². The van der Waals surface area contributed by atoms with Gasteiger partial charge in [0.05, 0.1) is 0 Å². The third kappa shape index (κ3) is 3.20. The smallest absolute Gasteiger partial charge is 0.156 e. The molecule has 28 heavy (non-hydrogen) atoms. The highest BCUT2D eigenvalue weighted by Crippen LogP contribution is 2.52. The number of halogens is 1. The summed E-state index contributed by atoms with van der Waals surface area (Å²) in [5, 5.41) is 11.0. The molecule has 2 saturated carbocycles. The molecule has 2 aliphatic carbocycles. The molecule has 2 aromatic rings. The van der Waals surface area contributed by atoms with Crippen molar-refractivity contribution in [1.82, 2.24) is 18.9 Å². The van der Waals surface area contributed by atoms with E-state index < -0.39 is 0 Å². The molecule has 1 spiro atoms. The maximum atomic E-state index is 6.29. The fraction of sp³-hybridized carbons (Fsp3) is 0.700. The molecule has 0 amide bonds. The molecule has 0 unspecified atom stereocenters. The van der Waals surface area contributed by atoms with Crippen LogP contribution in [0.1, 0.15) is 50.5 Å². The van der Waals surface area contributed by atoms with Gasteiger partial charge < -0.3 is 4.90 Å². The predicted molar refractivity (Wildman–Crippen MR) is 115 cm³/mol. The van der Waals surface area contributed by atoms with Gasteiger partial charge in [-0.2, -0.15) is 5.10 Å². The third-order valence-corrected chi connectivity index (χ3v) is 8.06. The van der Waals surface area contributed by atoms with Crippen molar-refractivity contribution in [3.63, 3.8) is 0 Å². The normalized spacial score (nSPS) is 22.8. The summed E-state index contributed by atoms with van der Waals surface area (Å²) in [5.74, 6) is 1.86. The number of fused-ring (bicyclic) bond motifs is 1. The standard InChI is InChI=1S/C20H29ClN6S/c1-14-7-17(21)27-18(14)19(23-13-24-27)25-11-20(12-25)8-16(9-20)26(28-22)10-15-5-3-2-4-6-15/h7,13,15-16H,2-6,8-12,22H2,1H3. The van der Waals surface area contributed by atoms with Crippen molar-refractivity contribution in [2.75, 3.05) is 24.5 Å². The summed E-state index contributed by atoms with van der Waals surface area (Å²) in [6.07, 6.45) is 11.1. The Balaban J connectivity index is 1.21. The topological polar surface area (TPSA) is 62.7 Å². The maximum absolute atomic E-state index is 6.29. The average molecular weight is 421 g/mol. The van der Waals surface area contributed by atoms with Gasteiger partial charge in [-0.3, -0.25) is 5.14 Å². The zero-order valence-electron chi connectivity index (χ0n) is 16.5. The summed E-state index contributed by atoms with van der Waals surface area (Å²) >= 11 is 7.76. The number of anilines is 1. The van der Waals surface area contributed by atoms with Gasteiger partial charge in [0.25, 0.3) is 0 Å². The predicted octanol–water partition coefficient (Wildman–Crippen LogP) is 4.06. The van der Waals surface area contributed by atoms with Crippen LogP contribution in [0.4, 0.5) is 5.82 Å². The first-order chi connectivity index (χ1) is 13.6. The van der Waals surface area contributed by atoms with E-state index in [1.807, 2.05) is 6.07 Å². The minimum atomic E-state index is 0.442. The van der Waals surface area contributed by atoms with Crippen LogP contribution in [0.25, 0.3) is 5.52 Å². The summed E-state index contributed by atoms with van der Waals surface area (Å²) in [5.41, 5.74) is 2.61. The summed E-state index contributed by atoms with van der Waals surface area (Å²) in [6, 6.07) is 2.60. The van der Waals surface area contributed by atoms with Gasteiger partial charge in [0.15, 0.2) is 5.82 Å². The molecule has 2 aromatic heterocycles. The van der Waals surface area contributed by atoms with Gasteiger partial charge in [0.2, 0.25) is 0 Å². The molecule has 0 atom stereocenters. The van der Waals surface area contributed by atoms with Crippen molar-refractivity contribution in [3.8, 4) is 0 Å². The van der Waals surface area contributed by atoms with Crippen LogP contribution in [0.5, 0.6) is 0 Å². The van der Waals surface area contributed by atoms with Crippen molar-refractivity contribution in [1.29, 1.82) is 0 Å². The van der Waals surface area contributed by atoms with Gasteiger partial charge in [-0.15, -0.1) is 0 Å². The average Bonchev–Trinajstić information content (AvgIpc) is 2.94. The van der Waals surface area contributed by atoms with Crippen molar-refractivity contribution < 1.29 is 0 Å². The molecule has 0 bridgehead atoms. The second kappa shape index (κ2) is 7.35. The third-order valence-electron chi connectivity index (χ3n) is 7.08. The van der Waals surface area contributed by atoms with Gasteiger partial charge in [-0.1, -0.05) is 30.9 Å². The Labute approximate surface area is 176 Å². The van der Waals surface area contributed by atoms with Crippen LogP contribution in [-0.2, 0) is 0 Å². The van der Waals surface area contributed by atoms with E-state index in [1.54, 1.807) is 10.8 Å². The number of nitrogens with zero attached hydrogens (tertiary/aromatic N) is 5. The summed E-state index contributed by atoms with van der Waals surface area (Å²) in [7, 11) is 0. The summed E-state index contributed by atoms with van der Waals surface area (Å²) in [4.78, 5) is 6.96. The highest BCUT2D eigenvalue weighted by Gasteiger charge is 2.54. The van der Waals surface area contributed by atoms with E-state index in [-0.39, 0.29) is 0 Å². The Morgan fingerprint density at radius 2 is 2.04 bits per heavy atom. The first-order valence-corrected chi connectivity index (χ1v) is 11.7. The van der Waals surface area contributed by atoms with E-state index in [1.165, 1.54) is 63.6 Å². The lowest BCUT2D eigenvalue weighted by Gasteiger charge is -2.61. The van der Waals surface area contributed by atoms with Crippen molar-refractivity contribution in [2.24, 2.45) is 16.5 Å².